The Balaban J connectivity index is 1.24. The van der Waals surface area contributed by atoms with Crippen molar-refractivity contribution in [1.29, 1.82) is 0 Å². The lowest BCUT2D eigenvalue weighted by atomic mass is 9.85. The molecule has 1 aliphatic heterocycles. The molecule has 3 heterocycles. The summed E-state index contributed by atoms with van der Waals surface area (Å²) in [6.07, 6.45) is 6.84. The monoisotopic (exact) mass is 447 g/mol. The summed E-state index contributed by atoms with van der Waals surface area (Å²) >= 11 is 0. The molecule has 2 N–H and O–H groups in total. The number of nitrogens with one attached hydrogen (secondary N) is 2. The van der Waals surface area contributed by atoms with Crippen molar-refractivity contribution in [3.05, 3.63) is 42.4 Å². The van der Waals surface area contributed by atoms with Crippen LogP contribution in [0.3, 0.4) is 0 Å². The minimum absolute atomic E-state index is 0.109. The zero-order chi connectivity index (χ0) is 22.6. The summed E-state index contributed by atoms with van der Waals surface area (Å²) in [5.41, 5.74) is 3.47. The van der Waals surface area contributed by atoms with E-state index in [1.54, 1.807) is 6.20 Å². The molecular formula is C24H29N7O2. The standard InChI is InChI=1S/C24H29N7O2/c1-16-3-2-4-19(13-16)28-22-21-20(26-15-27-22)14-25-24(30-21)29-18-7-5-17(6-8-18)23(32)31-9-11-33-12-10-31/h2-4,13-15,17-18H,5-12H2,1H3,(H,25,29,30)(H,26,27,28). The van der Waals surface area contributed by atoms with Crippen LogP contribution in [0.15, 0.2) is 36.8 Å². The van der Waals surface area contributed by atoms with E-state index >= 15 is 0 Å². The van der Waals surface area contributed by atoms with Crippen LogP contribution in [0.5, 0.6) is 0 Å². The van der Waals surface area contributed by atoms with Crippen LogP contribution in [-0.4, -0.2) is 63.1 Å². The van der Waals surface area contributed by atoms with Gasteiger partial charge in [-0.15, -0.1) is 0 Å². The molecule has 172 valence electrons. The number of fused-ring (bicyclic) bond motifs is 1. The highest BCUT2D eigenvalue weighted by Crippen LogP contribution is 2.29. The lowest BCUT2D eigenvalue weighted by Gasteiger charge is -2.34. The first-order chi connectivity index (χ1) is 16.2. The number of morpholine rings is 1. The van der Waals surface area contributed by atoms with Crippen LogP contribution in [0.25, 0.3) is 11.0 Å². The van der Waals surface area contributed by atoms with Gasteiger partial charge in [-0.3, -0.25) is 4.79 Å². The first-order valence-corrected chi connectivity index (χ1v) is 11.6. The van der Waals surface area contributed by atoms with Gasteiger partial charge in [0.15, 0.2) is 5.82 Å². The number of hydrogen-bond acceptors (Lipinski definition) is 8. The number of anilines is 3. The predicted molar refractivity (Wildman–Crippen MR) is 126 cm³/mol. The fourth-order valence-corrected chi connectivity index (χ4v) is 4.58. The van der Waals surface area contributed by atoms with Crippen molar-refractivity contribution in [3.8, 4) is 0 Å². The van der Waals surface area contributed by atoms with Crippen LogP contribution in [-0.2, 0) is 9.53 Å². The van der Waals surface area contributed by atoms with E-state index < -0.39 is 0 Å². The number of nitrogens with zero attached hydrogens (tertiary/aromatic N) is 5. The van der Waals surface area contributed by atoms with Crippen molar-refractivity contribution in [2.75, 3.05) is 36.9 Å². The Hall–Kier alpha value is -3.33. The van der Waals surface area contributed by atoms with Gasteiger partial charge < -0.3 is 20.3 Å². The Labute approximate surface area is 193 Å². The molecule has 1 saturated carbocycles. The van der Waals surface area contributed by atoms with E-state index in [0.29, 0.717) is 49.1 Å². The first kappa shape index (κ1) is 21.5. The largest absolute Gasteiger partial charge is 0.378 e. The summed E-state index contributed by atoms with van der Waals surface area (Å²) < 4.78 is 5.37. The Morgan fingerprint density at radius 2 is 1.91 bits per heavy atom. The average Bonchev–Trinajstić information content (AvgIpc) is 2.85. The molecule has 9 nitrogen and oxygen atoms in total. The van der Waals surface area contributed by atoms with Crippen molar-refractivity contribution < 1.29 is 9.53 Å². The van der Waals surface area contributed by atoms with Gasteiger partial charge in [-0.1, -0.05) is 12.1 Å². The van der Waals surface area contributed by atoms with E-state index in [9.17, 15) is 4.79 Å². The smallest absolute Gasteiger partial charge is 0.225 e. The molecule has 0 spiro atoms. The lowest BCUT2D eigenvalue weighted by molar-refractivity contribution is -0.140. The van der Waals surface area contributed by atoms with E-state index in [2.05, 4.69) is 44.6 Å². The number of carbonyl (C=O) groups excluding carboxylic acids is 1. The molecule has 2 fully saturated rings. The van der Waals surface area contributed by atoms with Gasteiger partial charge in [0.1, 0.15) is 17.4 Å². The molecule has 1 aromatic carbocycles. The molecule has 1 aliphatic carbocycles. The summed E-state index contributed by atoms with van der Waals surface area (Å²) in [6.45, 7) is 4.77. The number of hydrogen-bond donors (Lipinski definition) is 2. The van der Waals surface area contributed by atoms with Crippen LogP contribution in [0, 0.1) is 12.8 Å². The second-order valence-corrected chi connectivity index (χ2v) is 8.77. The number of amides is 1. The lowest BCUT2D eigenvalue weighted by Crippen LogP contribution is -2.45. The zero-order valence-corrected chi connectivity index (χ0v) is 18.8. The normalized spacial score (nSPS) is 21.1. The molecule has 33 heavy (non-hydrogen) atoms. The van der Waals surface area contributed by atoms with Crippen molar-refractivity contribution in [2.24, 2.45) is 5.92 Å². The zero-order valence-electron chi connectivity index (χ0n) is 18.8. The summed E-state index contributed by atoms with van der Waals surface area (Å²) in [4.78, 5) is 32.6. The van der Waals surface area contributed by atoms with Crippen LogP contribution < -0.4 is 10.6 Å². The molecule has 0 bridgehead atoms. The Morgan fingerprint density at radius 3 is 2.70 bits per heavy atom. The number of benzene rings is 1. The number of ether oxygens (including phenoxy) is 1. The molecule has 9 heteroatoms. The number of carbonyl (C=O) groups is 1. The van der Waals surface area contributed by atoms with Gasteiger partial charge in [-0.25, -0.2) is 19.9 Å². The van der Waals surface area contributed by atoms with E-state index in [1.165, 1.54) is 6.33 Å². The molecule has 2 aliphatic rings. The predicted octanol–water partition coefficient (Wildman–Crippen LogP) is 3.30. The second-order valence-electron chi connectivity index (χ2n) is 8.77. The third-order valence-electron chi connectivity index (χ3n) is 6.39. The number of aromatic nitrogens is 4. The number of rotatable bonds is 5. The van der Waals surface area contributed by atoms with Crippen LogP contribution in [0.1, 0.15) is 31.2 Å². The van der Waals surface area contributed by atoms with Gasteiger partial charge >= 0.3 is 0 Å². The van der Waals surface area contributed by atoms with Gasteiger partial charge in [0.05, 0.1) is 19.4 Å². The van der Waals surface area contributed by atoms with Crippen LogP contribution in [0.4, 0.5) is 17.5 Å². The molecular weight excluding hydrogens is 418 g/mol. The van der Waals surface area contributed by atoms with E-state index in [4.69, 9.17) is 9.72 Å². The summed E-state index contributed by atoms with van der Waals surface area (Å²) in [5.74, 6) is 1.60. The maximum Gasteiger partial charge on any atom is 0.225 e. The van der Waals surface area contributed by atoms with E-state index in [1.807, 2.05) is 17.0 Å². The second kappa shape index (κ2) is 9.66. The van der Waals surface area contributed by atoms with Crippen LogP contribution >= 0.6 is 0 Å². The molecule has 0 unspecified atom stereocenters. The van der Waals surface area contributed by atoms with E-state index in [-0.39, 0.29) is 17.9 Å². The molecule has 0 radical (unpaired) electrons. The minimum Gasteiger partial charge on any atom is -0.378 e. The maximum atomic E-state index is 12.8. The molecule has 1 amide bonds. The molecule has 3 aromatic rings. The molecule has 5 rings (SSSR count). The molecule has 2 aromatic heterocycles. The fraction of sp³-hybridized carbons (Fsp3) is 0.458. The molecule has 1 saturated heterocycles. The highest BCUT2D eigenvalue weighted by molar-refractivity contribution is 5.87. The van der Waals surface area contributed by atoms with Gasteiger partial charge in [0, 0.05) is 30.7 Å². The Kier molecular flexibility index (Phi) is 6.30. The minimum atomic E-state index is 0.109. The Morgan fingerprint density at radius 1 is 1.09 bits per heavy atom. The van der Waals surface area contributed by atoms with Crippen molar-refractivity contribution in [1.82, 2.24) is 24.8 Å². The topological polar surface area (TPSA) is 105 Å². The van der Waals surface area contributed by atoms with Crippen LogP contribution in [0.2, 0.25) is 0 Å². The highest BCUT2D eigenvalue weighted by Gasteiger charge is 2.30. The fourth-order valence-electron chi connectivity index (χ4n) is 4.58. The van der Waals surface area contributed by atoms with Crippen molar-refractivity contribution in [3.63, 3.8) is 0 Å². The third kappa shape index (κ3) is 5.03. The van der Waals surface area contributed by atoms with Gasteiger partial charge in [0.2, 0.25) is 11.9 Å². The van der Waals surface area contributed by atoms with Gasteiger partial charge in [-0.05, 0) is 50.3 Å². The van der Waals surface area contributed by atoms with Gasteiger partial charge in [0.25, 0.3) is 0 Å². The third-order valence-corrected chi connectivity index (χ3v) is 6.39. The van der Waals surface area contributed by atoms with E-state index in [0.717, 1.165) is 36.9 Å². The van der Waals surface area contributed by atoms with Crippen molar-refractivity contribution >= 4 is 34.4 Å². The first-order valence-electron chi connectivity index (χ1n) is 11.6. The Bertz CT molecular complexity index is 1120. The summed E-state index contributed by atoms with van der Waals surface area (Å²) in [7, 11) is 0. The SMILES string of the molecule is Cc1cccc(Nc2ncnc3cnc(NC4CCC(C(=O)N5CCOCC5)CC4)nc23)c1. The highest BCUT2D eigenvalue weighted by atomic mass is 16.5. The quantitative estimate of drug-likeness (QED) is 0.614. The average molecular weight is 448 g/mol. The maximum absolute atomic E-state index is 12.8. The summed E-state index contributed by atoms with van der Waals surface area (Å²) in [5, 5.41) is 6.81. The molecule has 0 atom stereocenters. The van der Waals surface area contributed by atoms with Crippen molar-refractivity contribution in [2.45, 2.75) is 38.6 Å². The summed E-state index contributed by atoms with van der Waals surface area (Å²) in [6, 6.07) is 8.36. The number of aryl methyl sites for hydroxylation is 1. The van der Waals surface area contributed by atoms with Gasteiger partial charge in [-0.2, -0.15) is 0 Å².